The number of ketones is 1. The molecule has 27 heavy (non-hydrogen) atoms. The first-order valence-corrected chi connectivity index (χ1v) is 9.74. The minimum Gasteiger partial charge on any atom is -0.293 e. The van der Waals surface area contributed by atoms with Gasteiger partial charge in [-0.1, -0.05) is 47.1 Å². The Labute approximate surface area is 169 Å². The van der Waals surface area contributed by atoms with Crippen LogP contribution in [0.5, 0.6) is 0 Å². The van der Waals surface area contributed by atoms with Gasteiger partial charge in [-0.15, -0.1) is 10.2 Å². The summed E-state index contributed by atoms with van der Waals surface area (Å²) in [6.07, 6.45) is 0. The van der Waals surface area contributed by atoms with Crippen LogP contribution in [0.15, 0.2) is 65.8 Å². The summed E-state index contributed by atoms with van der Waals surface area (Å²) in [5, 5.41) is 14.7. The van der Waals surface area contributed by atoms with E-state index in [1.165, 1.54) is 11.8 Å². The van der Waals surface area contributed by atoms with Crippen molar-refractivity contribution in [1.82, 2.24) is 19.8 Å². The number of nitrogens with zero attached hydrogens (tertiary/aromatic N) is 4. The third-order valence-electron chi connectivity index (χ3n) is 3.87. The Bertz CT molecular complexity index is 1110. The second-order valence-electron chi connectivity index (χ2n) is 5.70. The van der Waals surface area contributed by atoms with Crippen LogP contribution in [-0.2, 0) is 0 Å². The molecule has 0 fully saturated rings. The molecule has 0 bridgehead atoms. The monoisotopic (exact) mass is 414 g/mol. The molecule has 0 unspecified atom stereocenters. The first-order valence-electron chi connectivity index (χ1n) is 8.00. The van der Waals surface area contributed by atoms with Crippen molar-refractivity contribution in [3.63, 3.8) is 0 Å². The van der Waals surface area contributed by atoms with Gasteiger partial charge < -0.3 is 0 Å². The van der Waals surface area contributed by atoms with Crippen LogP contribution in [0.2, 0.25) is 10.0 Å². The highest BCUT2D eigenvalue weighted by atomic mass is 35.5. The van der Waals surface area contributed by atoms with Crippen molar-refractivity contribution >= 4 is 46.4 Å². The van der Waals surface area contributed by atoms with Gasteiger partial charge in [-0.2, -0.15) is 9.61 Å². The molecule has 0 saturated heterocycles. The molecule has 2 aromatic heterocycles. The van der Waals surface area contributed by atoms with E-state index in [1.807, 2.05) is 36.4 Å². The molecule has 0 atom stereocenters. The lowest BCUT2D eigenvalue weighted by Gasteiger charge is -2.04. The molecular weight excluding hydrogens is 403 g/mol. The van der Waals surface area contributed by atoms with Crippen molar-refractivity contribution in [1.29, 1.82) is 0 Å². The van der Waals surface area contributed by atoms with Crippen molar-refractivity contribution in [3.05, 3.63) is 76.3 Å². The smallest absolute Gasteiger partial charge is 0.212 e. The van der Waals surface area contributed by atoms with E-state index in [0.29, 0.717) is 26.4 Å². The maximum Gasteiger partial charge on any atom is 0.212 e. The molecule has 0 spiro atoms. The lowest BCUT2D eigenvalue weighted by atomic mass is 10.1. The Hall–Kier alpha value is -2.41. The Morgan fingerprint density at radius 3 is 2.26 bits per heavy atom. The van der Waals surface area contributed by atoms with Crippen LogP contribution >= 0.6 is 35.0 Å². The predicted octanol–water partition coefficient (Wildman–Crippen LogP) is 5.07. The van der Waals surface area contributed by atoms with E-state index < -0.39 is 0 Å². The molecular formula is C19H12Cl2N4OS. The van der Waals surface area contributed by atoms with E-state index in [1.54, 1.807) is 28.8 Å². The number of hydrogen-bond acceptors (Lipinski definition) is 5. The molecule has 4 aromatic rings. The van der Waals surface area contributed by atoms with Crippen molar-refractivity contribution in [2.45, 2.75) is 5.16 Å². The molecule has 8 heteroatoms. The van der Waals surface area contributed by atoms with Gasteiger partial charge in [-0.05, 0) is 48.5 Å². The largest absolute Gasteiger partial charge is 0.293 e. The van der Waals surface area contributed by atoms with E-state index >= 15 is 0 Å². The molecule has 0 radical (unpaired) electrons. The van der Waals surface area contributed by atoms with Gasteiger partial charge in [-0.25, -0.2) is 0 Å². The quantitative estimate of drug-likeness (QED) is 0.336. The molecule has 2 heterocycles. The van der Waals surface area contributed by atoms with E-state index in [4.69, 9.17) is 23.2 Å². The van der Waals surface area contributed by atoms with Gasteiger partial charge in [0.25, 0.3) is 0 Å². The summed E-state index contributed by atoms with van der Waals surface area (Å²) in [6.45, 7) is 0. The van der Waals surface area contributed by atoms with Gasteiger partial charge in [0, 0.05) is 21.2 Å². The van der Waals surface area contributed by atoms with Crippen molar-refractivity contribution in [2.24, 2.45) is 0 Å². The average Bonchev–Trinajstić information content (AvgIpc) is 3.09. The Morgan fingerprint density at radius 2 is 1.56 bits per heavy atom. The second-order valence-corrected chi connectivity index (χ2v) is 7.51. The molecule has 0 amide bonds. The summed E-state index contributed by atoms with van der Waals surface area (Å²) in [5.41, 5.74) is 2.93. The average molecular weight is 415 g/mol. The first kappa shape index (κ1) is 18.0. The Morgan fingerprint density at radius 1 is 0.889 bits per heavy atom. The third-order valence-corrected chi connectivity index (χ3v) is 5.30. The maximum atomic E-state index is 12.4. The van der Waals surface area contributed by atoms with Crippen LogP contribution in [0.4, 0.5) is 0 Å². The highest BCUT2D eigenvalue weighted by Crippen LogP contribution is 2.23. The van der Waals surface area contributed by atoms with Crippen molar-refractivity contribution in [2.75, 3.05) is 5.75 Å². The summed E-state index contributed by atoms with van der Waals surface area (Å²) >= 11 is 13.1. The predicted molar refractivity (Wildman–Crippen MR) is 108 cm³/mol. The molecule has 0 saturated carbocycles. The van der Waals surface area contributed by atoms with Crippen LogP contribution in [0.3, 0.4) is 0 Å². The zero-order valence-electron chi connectivity index (χ0n) is 13.8. The van der Waals surface area contributed by atoms with Gasteiger partial charge in [0.1, 0.15) is 0 Å². The topological polar surface area (TPSA) is 60.2 Å². The highest BCUT2D eigenvalue weighted by molar-refractivity contribution is 7.99. The fraction of sp³-hybridized carbons (Fsp3) is 0.0526. The van der Waals surface area contributed by atoms with Crippen molar-refractivity contribution in [3.8, 4) is 11.3 Å². The normalized spacial score (nSPS) is 11.0. The second kappa shape index (κ2) is 7.68. The molecule has 0 N–H and O–H groups in total. The van der Waals surface area contributed by atoms with Gasteiger partial charge >= 0.3 is 0 Å². The zero-order chi connectivity index (χ0) is 18.8. The number of carbonyl (C=O) groups excluding carboxylic acids is 1. The molecule has 0 aliphatic carbocycles. The molecule has 134 valence electrons. The summed E-state index contributed by atoms with van der Waals surface area (Å²) in [6, 6.07) is 18.0. The minimum absolute atomic E-state index is 0.0118. The van der Waals surface area contributed by atoms with Crippen LogP contribution in [0.25, 0.3) is 16.9 Å². The van der Waals surface area contributed by atoms with E-state index in [0.717, 1.165) is 11.3 Å². The zero-order valence-corrected chi connectivity index (χ0v) is 16.2. The fourth-order valence-electron chi connectivity index (χ4n) is 2.48. The number of rotatable bonds is 5. The number of benzene rings is 2. The lowest BCUT2D eigenvalue weighted by Crippen LogP contribution is -2.03. The fourth-order valence-corrected chi connectivity index (χ4v) is 3.52. The van der Waals surface area contributed by atoms with E-state index in [2.05, 4.69) is 15.3 Å². The van der Waals surface area contributed by atoms with Gasteiger partial charge in [-0.3, -0.25) is 4.79 Å². The Kier molecular flexibility index (Phi) is 5.11. The van der Waals surface area contributed by atoms with Gasteiger partial charge in [0.2, 0.25) is 5.16 Å². The first-order chi connectivity index (χ1) is 13.1. The highest BCUT2D eigenvalue weighted by Gasteiger charge is 2.13. The summed E-state index contributed by atoms with van der Waals surface area (Å²) in [5.74, 6) is 0.220. The SMILES string of the molecule is O=C(CSc1nnc2ccc(-c3ccc(Cl)cc3)nn12)c1ccc(Cl)cc1. The van der Waals surface area contributed by atoms with E-state index in [9.17, 15) is 4.79 Å². The number of aromatic nitrogens is 4. The summed E-state index contributed by atoms with van der Waals surface area (Å²) in [7, 11) is 0. The number of thioether (sulfide) groups is 1. The van der Waals surface area contributed by atoms with Crippen LogP contribution in [0, 0.1) is 0 Å². The molecule has 5 nitrogen and oxygen atoms in total. The van der Waals surface area contributed by atoms with E-state index in [-0.39, 0.29) is 11.5 Å². The minimum atomic E-state index is -0.0118. The van der Waals surface area contributed by atoms with Crippen LogP contribution in [0.1, 0.15) is 10.4 Å². The van der Waals surface area contributed by atoms with Gasteiger partial charge in [0.05, 0.1) is 11.4 Å². The van der Waals surface area contributed by atoms with Crippen LogP contribution < -0.4 is 0 Å². The Balaban J connectivity index is 1.56. The standard InChI is InChI=1S/C19H12Cl2N4OS/c20-14-5-1-12(2-6-14)16-9-10-18-22-23-19(25(18)24-16)27-11-17(26)13-3-7-15(21)8-4-13/h1-10H,11H2. The molecule has 4 rings (SSSR count). The third kappa shape index (κ3) is 3.98. The lowest BCUT2D eigenvalue weighted by molar-refractivity contribution is 0.102. The summed E-state index contributed by atoms with van der Waals surface area (Å²) < 4.78 is 1.64. The molecule has 0 aliphatic heterocycles. The number of hydrogen-bond donors (Lipinski definition) is 0. The summed E-state index contributed by atoms with van der Waals surface area (Å²) in [4.78, 5) is 12.4. The molecule has 0 aliphatic rings. The number of carbonyl (C=O) groups is 1. The molecule has 2 aromatic carbocycles. The van der Waals surface area contributed by atoms with Gasteiger partial charge in [0.15, 0.2) is 11.4 Å². The maximum absolute atomic E-state index is 12.4. The number of halogens is 2. The number of Topliss-reactive ketones (excluding diaryl/α,β-unsaturated/α-hetero) is 1. The number of fused-ring (bicyclic) bond motifs is 1. The van der Waals surface area contributed by atoms with Crippen molar-refractivity contribution < 1.29 is 4.79 Å². The van der Waals surface area contributed by atoms with Crippen LogP contribution in [-0.4, -0.2) is 31.3 Å².